The largest absolute Gasteiger partial charge is 0.373 e. The summed E-state index contributed by atoms with van der Waals surface area (Å²) in [5.74, 6) is 2.92. The summed E-state index contributed by atoms with van der Waals surface area (Å²) in [7, 11) is 1.84. The Morgan fingerprint density at radius 3 is 2.95 bits per heavy atom. The minimum Gasteiger partial charge on any atom is -0.373 e. The van der Waals surface area contributed by atoms with Gasteiger partial charge in [0, 0.05) is 41.1 Å². The maximum atomic E-state index is 13.8. The van der Waals surface area contributed by atoms with Gasteiger partial charge in [0.1, 0.15) is 17.5 Å². The number of rotatable bonds is 3. The molecule has 1 aliphatic heterocycles. The van der Waals surface area contributed by atoms with Crippen LogP contribution in [0, 0.1) is 5.82 Å². The average molecular weight is 310 g/mol. The van der Waals surface area contributed by atoms with Crippen LogP contribution in [-0.4, -0.2) is 17.0 Å². The molecule has 1 aromatic carbocycles. The fourth-order valence-electron chi connectivity index (χ4n) is 2.25. The number of aromatic nitrogens is 2. The molecule has 2 aromatic rings. The summed E-state index contributed by atoms with van der Waals surface area (Å²) in [6.45, 7) is 0. The van der Waals surface area contributed by atoms with Crippen LogP contribution in [-0.2, 0) is 17.9 Å². The van der Waals surface area contributed by atoms with E-state index in [9.17, 15) is 4.39 Å². The predicted molar refractivity (Wildman–Crippen MR) is 80.8 cm³/mol. The zero-order valence-corrected chi connectivity index (χ0v) is 12.5. The van der Waals surface area contributed by atoms with Crippen molar-refractivity contribution in [1.29, 1.82) is 0 Å². The van der Waals surface area contributed by atoms with Crippen LogP contribution in [0.5, 0.6) is 0 Å². The van der Waals surface area contributed by atoms with Crippen molar-refractivity contribution in [2.45, 2.75) is 17.9 Å². The van der Waals surface area contributed by atoms with Gasteiger partial charge in [0.25, 0.3) is 0 Å². The van der Waals surface area contributed by atoms with Crippen LogP contribution < -0.4 is 5.32 Å². The van der Waals surface area contributed by atoms with Crippen LogP contribution >= 0.6 is 23.4 Å². The van der Waals surface area contributed by atoms with E-state index in [1.807, 2.05) is 18.8 Å². The minimum atomic E-state index is -0.318. The van der Waals surface area contributed by atoms with E-state index in [0.717, 1.165) is 28.6 Å². The average Bonchev–Trinajstić information content (AvgIpc) is 2.90. The van der Waals surface area contributed by atoms with Crippen molar-refractivity contribution in [3.8, 4) is 0 Å². The molecule has 0 atom stereocenters. The second-order valence-electron chi connectivity index (χ2n) is 4.53. The molecule has 1 aromatic heterocycles. The second-order valence-corrected chi connectivity index (χ2v) is 5.93. The first-order valence-electron chi connectivity index (χ1n) is 6.26. The van der Waals surface area contributed by atoms with Gasteiger partial charge < -0.3 is 5.32 Å². The normalized spacial score (nSPS) is 13.3. The summed E-state index contributed by atoms with van der Waals surface area (Å²) >= 11 is 7.87. The van der Waals surface area contributed by atoms with Gasteiger partial charge in [-0.3, -0.25) is 0 Å². The van der Waals surface area contributed by atoms with Gasteiger partial charge in [0.2, 0.25) is 0 Å². The maximum absolute atomic E-state index is 13.8. The third-order valence-electron chi connectivity index (χ3n) is 3.26. The number of hydrogen-bond acceptors (Lipinski definition) is 4. The molecule has 3 nitrogen and oxygen atoms in total. The van der Waals surface area contributed by atoms with E-state index in [1.54, 1.807) is 12.1 Å². The molecule has 3 rings (SSSR count). The first-order valence-corrected chi connectivity index (χ1v) is 7.79. The molecule has 0 fully saturated rings. The first-order chi connectivity index (χ1) is 9.69. The zero-order valence-electron chi connectivity index (χ0n) is 10.9. The number of thioether (sulfide) groups is 1. The molecule has 0 bridgehead atoms. The van der Waals surface area contributed by atoms with Crippen molar-refractivity contribution in [3.05, 3.63) is 51.7 Å². The highest BCUT2D eigenvalue weighted by atomic mass is 35.5. The third kappa shape index (κ3) is 2.47. The maximum Gasteiger partial charge on any atom is 0.135 e. The van der Waals surface area contributed by atoms with E-state index >= 15 is 0 Å². The lowest BCUT2D eigenvalue weighted by atomic mass is 10.1. The Morgan fingerprint density at radius 2 is 2.20 bits per heavy atom. The Balaban J connectivity index is 1.99. The minimum absolute atomic E-state index is 0.304. The third-order valence-corrected chi connectivity index (χ3v) is 4.58. The van der Waals surface area contributed by atoms with Gasteiger partial charge >= 0.3 is 0 Å². The molecule has 0 unspecified atom stereocenters. The Morgan fingerprint density at radius 1 is 1.35 bits per heavy atom. The summed E-state index contributed by atoms with van der Waals surface area (Å²) in [4.78, 5) is 9.02. The molecule has 104 valence electrons. The monoisotopic (exact) mass is 309 g/mol. The van der Waals surface area contributed by atoms with Gasteiger partial charge in [-0.25, -0.2) is 14.4 Å². The smallest absolute Gasteiger partial charge is 0.135 e. The zero-order chi connectivity index (χ0) is 14.1. The molecule has 0 amide bonds. The van der Waals surface area contributed by atoms with Crippen LogP contribution in [0.15, 0.2) is 18.2 Å². The van der Waals surface area contributed by atoms with Gasteiger partial charge in [-0.2, -0.15) is 11.8 Å². The van der Waals surface area contributed by atoms with Crippen molar-refractivity contribution >= 4 is 29.2 Å². The van der Waals surface area contributed by atoms with Crippen molar-refractivity contribution in [2.75, 3.05) is 12.4 Å². The fourth-order valence-corrected chi connectivity index (χ4v) is 3.52. The van der Waals surface area contributed by atoms with Gasteiger partial charge in [-0.05, 0) is 12.1 Å². The molecule has 1 N–H and O–H groups in total. The molecule has 0 radical (unpaired) electrons. The SMILES string of the molecule is CNc1nc(Cc2c(F)cccc2Cl)nc2c1CSC2. The van der Waals surface area contributed by atoms with E-state index < -0.39 is 0 Å². The van der Waals surface area contributed by atoms with Crippen LogP contribution in [0.2, 0.25) is 5.02 Å². The Hall–Kier alpha value is -1.33. The van der Waals surface area contributed by atoms with E-state index in [-0.39, 0.29) is 5.82 Å². The molecule has 0 saturated heterocycles. The number of hydrogen-bond donors (Lipinski definition) is 1. The number of benzene rings is 1. The lowest BCUT2D eigenvalue weighted by Gasteiger charge is -2.10. The van der Waals surface area contributed by atoms with E-state index in [0.29, 0.717) is 22.8 Å². The number of halogens is 2. The van der Waals surface area contributed by atoms with Gasteiger partial charge in [0.05, 0.1) is 5.69 Å². The van der Waals surface area contributed by atoms with E-state index in [1.165, 1.54) is 6.07 Å². The lowest BCUT2D eigenvalue weighted by molar-refractivity contribution is 0.612. The van der Waals surface area contributed by atoms with Gasteiger partial charge in [0.15, 0.2) is 0 Å². The Labute approximate surface area is 126 Å². The number of nitrogens with zero attached hydrogens (tertiary/aromatic N) is 2. The summed E-state index contributed by atoms with van der Waals surface area (Å²) in [6.07, 6.45) is 0.304. The molecule has 0 saturated carbocycles. The van der Waals surface area contributed by atoms with Crippen LogP contribution in [0.3, 0.4) is 0 Å². The van der Waals surface area contributed by atoms with Crippen molar-refractivity contribution in [2.24, 2.45) is 0 Å². The van der Waals surface area contributed by atoms with Crippen LogP contribution in [0.25, 0.3) is 0 Å². The Kier molecular flexibility index (Phi) is 3.81. The first kappa shape index (κ1) is 13.6. The second kappa shape index (κ2) is 5.58. The lowest BCUT2D eigenvalue weighted by Crippen LogP contribution is -2.07. The summed E-state index contributed by atoms with van der Waals surface area (Å²) < 4.78 is 13.8. The highest BCUT2D eigenvalue weighted by Gasteiger charge is 2.20. The summed E-state index contributed by atoms with van der Waals surface area (Å²) in [5.41, 5.74) is 2.64. The van der Waals surface area contributed by atoms with E-state index in [2.05, 4.69) is 15.3 Å². The number of nitrogens with one attached hydrogen (secondary N) is 1. The predicted octanol–water partition coefficient (Wildman–Crippen LogP) is 3.65. The summed E-state index contributed by atoms with van der Waals surface area (Å²) in [6, 6.07) is 4.69. The van der Waals surface area contributed by atoms with Crippen LogP contribution in [0.1, 0.15) is 22.6 Å². The highest BCUT2D eigenvalue weighted by Crippen LogP contribution is 2.33. The quantitative estimate of drug-likeness (QED) is 0.939. The fraction of sp³-hybridized carbons (Fsp3) is 0.286. The van der Waals surface area contributed by atoms with Crippen molar-refractivity contribution in [1.82, 2.24) is 9.97 Å². The molecule has 2 heterocycles. The highest BCUT2D eigenvalue weighted by molar-refractivity contribution is 7.98. The van der Waals surface area contributed by atoms with Gasteiger partial charge in [-0.15, -0.1) is 0 Å². The molecular weight excluding hydrogens is 297 g/mol. The van der Waals surface area contributed by atoms with Crippen molar-refractivity contribution in [3.63, 3.8) is 0 Å². The van der Waals surface area contributed by atoms with Crippen LogP contribution in [0.4, 0.5) is 10.2 Å². The standard InChI is InChI=1S/C14H13ClFN3S/c1-17-14-9-6-20-7-12(9)18-13(19-14)5-8-10(15)3-2-4-11(8)16/h2-4H,5-7H2,1H3,(H,17,18,19). The molecule has 0 aliphatic carbocycles. The van der Waals surface area contributed by atoms with Crippen molar-refractivity contribution < 1.29 is 4.39 Å². The number of anilines is 1. The molecule has 1 aliphatic rings. The summed E-state index contributed by atoms with van der Waals surface area (Å²) in [5, 5.41) is 3.50. The topological polar surface area (TPSA) is 37.8 Å². The number of fused-ring (bicyclic) bond motifs is 1. The Bertz CT molecular complexity index is 643. The molecule has 6 heteroatoms. The van der Waals surface area contributed by atoms with E-state index in [4.69, 9.17) is 11.6 Å². The molecular formula is C14H13ClFN3S. The molecule has 20 heavy (non-hydrogen) atoms. The molecule has 0 spiro atoms. The van der Waals surface area contributed by atoms with Gasteiger partial charge in [-0.1, -0.05) is 17.7 Å².